The number of hydrogen-bond donors (Lipinski definition) is 1. The van der Waals surface area contributed by atoms with Gasteiger partial charge in [-0.1, -0.05) is 18.2 Å². The highest BCUT2D eigenvalue weighted by atomic mass is 127. The SMILES string of the molecule is O=C(Nc1cccc(C(=O)N2CCCC2)c1)c1ccccc1I. The minimum atomic E-state index is -0.166. The second kappa shape index (κ2) is 7.12. The van der Waals surface area contributed by atoms with Crippen LogP contribution in [0.2, 0.25) is 0 Å². The van der Waals surface area contributed by atoms with Crippen LogP contribution in [0.3, 0.4) is 0 Å². The molecule has 1 heterocycles. The second-order valence-corrected chi connectivity index (χ2v) is 6.68. The molecule has 3 rings (SSSR count). The Hall–Kier alpha value is -1.89. The Bertz CT molecular complexity index is 739. The summed E-state index contributed by atoms with van der Waals surface area (Å²) >= 11 is 2.14. The van der Waals surface area contributed by atoms with Crippen LogP contribution in [0.15, 0.2) is 48.5 Å². The van der Waals surface area contributed by atoms with Gasteiger partial charge in [-0.05, 0) is 65.8 Å². The normalized spacial score (nSPS) is 13.9. The second-order valence-electron chi connectivity index (χ2n) is 5.51. The fraction of sp³-hybridized carbons (Fsp3) is 0.222. The predicted octanol–water partition coefficient (Wildman–Crippen LogP) is 3.78. The third kappa shape index (κ3) is 3.72. The van der Waals surface area contributed by atoms with E-state index in [0.717, 1.165) is 29.5 Å². The van der Waals surface area contributed by atoms with Gasteiger partial charge in [-0.2, -0.15) is 0 Å². The molecule has 0 aliphatic carbocycles. The van der Waals surface area contributed by atoms with Crippen molar-refractivity contribution in [2.24, 2.45) is 0 Å². The van der Waals surface area contributed by atoms with Gasteiger partial charge in [0.25, 0.3) is 11.8 Å². The van der Waals surface area contributed by atoms with Gasteiger partial charge in [0, 0.05) is 27.9 Å². The van der Waals surface area contributed by atoms with Crippen LogP contribution in [0.1, 0.15) is 33.6 Å². The van der Waals surface area contributed by atoms with Crippen LogP contribution in [-0.4, -0.2) is 29.8 Å². The molecule has 2 aromatic rings. The van der Waals surface area contributed by atoms with Crippen molar-refractivity contribution >= 4 is 40.1 Å². The largest absolute Gasteiger partial charge is 0.339 e. The molecule has 5 heteroatoms. The first-order valence-corrected chi connectivity index (χ1v) is 8.68. The van der Waals surface area contributed by atoms with Gasteiger partial charge in [0.05, 0.1) is 5.56 Å². The minimum Gasteiger partial charge on any atom is -0.339 e. The topological polar surface area (TPSA) is 49.4 Å². The molecule has 23 heavy (non-hydrogen) atoms. The molecular weight excluding hydrogens is 403 g/mol. The Kier molecular flexibility index (Phi) is 4.95. The fourth-order valence-electron chi connectivity index (χ4n) is 2.68. The molecule has 118 valence electrons. The van der Waals surface area contributed by atoms with Gasteiger partial charge in [0.2, 0.25) is 0 Å². The van der Waals surface area contributed by atoms with E-state index in [9.17, 15) is 9.59 Å². The van der Waals surface area contributed by atoms with E-state index < -0.39 is 0 Å². The Morgan fingerprint density at radius 3 is 2.48 bits per heavy atom. The average Bonchev–Trinajstić information content (AvgIpc) is 3.09. The number of carbonyl (C=O) groups excluding carboxylic acids is 2. The molecule has 0 unspecified atom stereocenters. The molecule has 0 saturated carbocycles. The van der Waals surface area contributed by atoms with Crippen molar-refractivity contribution in [3.05, 3.63) is 63.2 Å². The Labute approximate surface area is 149 Å². The van der Waals surface area contributed by atoms with Crippen molar-refractivity contribution in [1.82, 2.24) is 4.90 Å². The Morgan fingerprint density at radius 1 is 1.00 bits per heavy atom. The number of amides is 2. The number of anilines is 1. The standard InChI is InChI=1S/C18H17IN2O2/c19-16-9-2-1-8-15(16)17(22)20-14-7-5-6-13(12-14)18(23)21-10-3-4-11-21/h1-2,5-9,12H,3-4,10-11H2,(H,20,22). The molecule has 1 fully saturated rings. The van der Waals surface area contributed by atoms with Crippen LogP contribution < -0.4 is 5.32 Å². The molecule has 2 amide bonds. The number of carbonyl (C=O) groups is 2. The van der Waals surface area contributed by atoms with E-state index in [1.54, 1.807) is 30.3 Å². The first-order valence-electron chi connectivity index (χ1n) is 7.60. The van der Waals surface area contributed by atoms with Crippen LogP contribution >= 0.6 is 22.6 Å². The van der Waals surface area contributed by atoms with Gasteiger partial charge >= 0.3 is 0 Å². The summed E-state index contributed by atoms with van der Waals surface area (Å²) in [6.45, 7) is 1.63. The van der Waals surface area contributed by atoms with E-state index in [1.807, 2.05) is 23.1 Å². The van der Waals surface area contributed by atoms with Gasteiger partial charge in [-0.25, -0.2) is 0 Å². The summed E-state index contributed by atoms with van der Waals surface area (Å²) < 4.78 is 0.895. The lowest BCUT2D eigenvalue weighted by molar-refractivity contribution is 0.0792. The van der Waals surface area contributed by atoms with Crippen molar-refractivity contribution in [2.45, 2.75) is 12.8 Å². The summed E-state index contributed by atoms with van der Waals surface area (Å²) in [5, 5.41) is 2.87. The quantitative estimate of drug-likeness (QED) is 0.769. The van der Waals surface area contributed by atoms with E-state index in [2.05, 4.69) is 27.9 Å². The lowest BCUT2D eigenvalue weighted by Gasteiger charge is -2.16. The number of nitrogens with one attached hydrogen (secondary N) is 1. The number of rotatable bonds is 3. The highest BCUT2D eigenvalue weighted by molar-refractivity contribution is 14.1. The minimum absolute atomic E-state index is 0.0351. The lowest BCUT2D eigenvalue weighted by Crippen LogP contribution is -2.27. The zero-order valence-corrected chi connectivity index (χ0v) is 14.7. The maximum Gasteiger partial charge on any atom is 0.256 e. The zero-order valence-electron chi connectivity index (χ0n) is 12.6. The molecule has 4 nitrogen and oxygen atoms in total. The molecule has 0 aromatic heterocycles. The van der Waals surface area contributed by atoms with E-state index in [1.165, 1.54) is 0 Å². The molecule has 2 aromatic carbocycles. The fourth-order valence-corrected chi connectivity index (χ4v) is 3.31. The van der Waals surface area contributed by atoms with Crippen molar-refractivity contribution in [3.63, 3.8) is 0 Å². The third-order valence-electron chi connectivity index (χ3n) is 3.88. The van der Waals surface area contributed by atoms with Crippen LogP contribution in [0.4, 0.5) is 5.69 Å². The van der Waals surface area contributed by atoms with E-state index in [0.29, 0.717) is 16.8 Å². The molecule has 1 aliphatic heterocycles. The molecule has 0 radical (unpaired) electrons. The molecular formula is C18H17IN2O2. The third-order valence-corrected chi connectivity index (χ3v) is 4.82. The number of hydrogen-bond acceptors (Lipinski definition) is 2. The summed E-state index contributed by atoms with van der Waals surface area (Å²) in [6, 6.07) is 14.6. The van der Waals surface area contributed by atoms with E-state index in [4.69, 9.17) is 0 Å². The Balaban J connectivity index is 1.76. The van der Waals surface area contributed by atoms with Crippen molar-refractivity contribution in [3.8, 4) is 0 Å². The highest BCUT2D eigenvalue weighted by Crippen LogP contribution is 2.18. The smallest absolute Gasteiger partial charge is 0.256 e. The van der Waals surface area contributed by atoms with Gasteiger partial charge in [-0.3, -0.25) is 9.59 Å². The summed E-state index contributed by atoms with van der Waals surface area (Å²) in [4.78, 5) is 26.6. The van der Waals surface area contributed by atoms with E-state index in [-0.39, 0.29) is 11.8 Å². The highest BCUT2D eigenvalue weighted by Gasteiger charge is 2.19. The Morgan fingerprint density at radius 2 is 1.74 bits per heavy atom. The summed E-state index contributed by atoms with van der Waals surface area (Å²) in [7, 11) is 0. The monoisotopic (exact) mass is 420 g/mol. The lowest BCUT2D eigenvalue weighted by atomic mass is 10.1. The number of likely N-dealkylation sites (tertiary alicyclic amines) is 1. The summed E-state index contributed by atoms with van der Waals surface area (Å²) in [5.41, 5.74) is 1.89. The van der Waals surface area contributed by atoms with Crippen LogP contribution in [0.25, 0.3) is 0 Å². The predicted molar refractivity (Wildman–Crippen MR) is 98.7 cm³/mol. The molecule has 0 bridgehead atoms. The molecule has 0 spiro atoms. The molecule has 1 aliphatic rings. The van der Waals surface area contributed by atoms with Gasteiger partial charge in [0.1, 0.15) is 0 Å². The van der Waals surface area contributed by atoms with Gasteiger partial charge in [-0.15, -0.1) is 0 Å². The number of benzene rings is 2. The average molecular weight is 420 g/mol. The van der Waals surface area contributed by atoms with Gasteiger partial charge in [0.15, 0.2) is 0 Å². The van der Waals surface area contributed by atoms with Crippen molar-refractivity contribution < 1.29 is 9.59 Å². The summed E-state index contributed by atoms with van der Waals surface area (Å²) in [5.74, 6) is -0.131. The number of halogens is 1. The van der Waals surface area contributed by atoms with Gasteiger partial charge < -0.3 is 10.2 Å². The van der Waals surface area contributed by atoms with Crippen LogP contribution in [-0.2, 0) is 0 Å². The van der Waals surface area contributed by atoms with Crippen molar-refractivity contribution in [1.29, 1.82) is 0 Å². The van der Waals surface area contributed by atoms with E-state index >= 15 is 0 Å². The van der Waals surface area contributed by atoms with Crippen LogP contribution in [0, 0.1) is 3.57 Å². The number of nitrogens with zero attached hydrogens (tertiary/aromatic N) is 1. The first-order chi connectivity index (χ1) is 11.1. The summed E-state index contributed by atoms with van der Waals surface area (Å²) in [6.07, 6.45) is 2.13. The molecule has 1 N–H and O–H groups in total. The maximum atomic E-state index is 12.4. The zero-order chi connectivity index (χ0) is 16.2. The maximum absolute atomic E-state index is 12.4. The van der Waals surface area contributed by atoms with Crippen LogP contribution in [0.5, 0.6) is 0 Å². The molecule has 0 atom stereocenters. The molecule has 1 saturated heterocycles. The van der Waals surface area contributed by atoms with Crippen molar-refractivity contribution in [2.75, 3.05) is 18.4 Å². The first kappa shape index (κ1) is 16.0.